The van der Waals surface area contributed by atoms with E-state index in [0.717, 1.165) is 0 Å². The lowest BCUT2D eigenvalue weighted by molar-refractivity contribution is -0.385. The van der Waals surface area contributed by atoms with E-state index in [9.17, 15) is 19.7 Å². The van der Waals surface area contributed by atoms with Gasteiger partial charge in [0.25, 0.3) is 11.6 Å². The number of anilines is 2. The molecule has 2 amide bonds. The van der Waals surface area contributed by atoms with Crippen LogP contribution in [0.4, 0.5) is 17.1 Å². The molecule has 0 unspecified atom stereocenters. The summed E-state index contributed by atoms with van der Waals surface area (Å²) in [5, 5.41) is 16.3. The fourth-order valence-electron chi connectivity index (χ4n) is 2.18. The third kappa shape index (κ3) is 5.81. The Labute approximate surface area is 156 Å². The number of carbonyl (C=O) groups is 2. The molecule has 0 aliphatic heterocycles. The SMILES string of the molecule is Cc1ccc(OCC(=O)Nc2cccc(NC(=O)C(C)C)c2)cc1[N+](=O)[O-]. The Hall–Kier alpha value is -3.42. The Balaban J connectivity index is 1.95. The van der Waals surface area contributed by atoms with E-state index in [2.05, 4.69) is 10.6 Å². The van der Waals surface area contributed by atoms with Crippen molar-refractivity contribution in [2.75, 3.05) is 17.2 Å². The van der Waals surface area contributed by atoms with Crippen molar-refractivity contribution < 1.29 is 19.2 Å². The molecule has 0 spiro atoms. The average molecular weight is 371 g/mol. The number of nitrogens with one attached hydrogen (secondary N) is 2. The van der Waals surface area contributed by atoms with Gasteiger partial charge in [-0.05, 0) is 37.3 Å². The van der Waals surface area contributed by atoms with E-state index >= 15 is 0 Å². The minimum absolute atomic E-state index is 0.0681. The molecule has 8 heteroatoms. The first-order chi connectivity index (χ1) is 12.8. The summed E-state index contributed by atoms with van der Waals surface area (Å²) in [6.07, 6.45) is 0. The van der Waals surface area contributed by atoms with Crippen LogP contribution in [0.5, 0.6) is 5.75 Å². The van der Waals surface area contributed by atoms with Crippen LogP contribution >= 0.6 is 0 Å². The van der Waals surface area contributed by atoms with Gasteiger partial charge in [0.05, 0.1) is 11.0 Å². The number of nitro benzene ring substituents is 1. The standard InChI is InChI=1S/C19H21N3O5/c1-12(2)19(24)21-15-6-4-5-14(9-15)20-18(23)11-27-16-8-7-13(3)17(10-16)22(25)26/h4-10,12H,11H2,1-3H3,(H,20,23)(H,21,24). The Kier molecular flexibility index (Phi) is 6.48. The zero-order chi connectivity index (χ0) is 20.0. The molecule has 2 N–H and O–H groups in total. The Bertz CT molecular complexity index is 864. The van der Waals surface area contributed by atoms with Gasteiger partial charge < -0.3 is 15.4 Å². The molecule has 0 fully saturated rings. The second kappa shape index (κ2) is 8.79. The number of hydrogen-bond donors (Lipinski definition) is 2. The number of aryl methyl sites for hydroxylation is 1. The summed E-state index contributed by atoms with van der Waals surface area (Å²) in [6, 6.07) is 11.1. The molecular weight excluding hydrogens is 350 g/mol. The largest absolute Gasteiger partial charge is 0.484 e. The summed E-state index contributed by atoms with van der Waals surface area (Å²) in [4.78, 5) is 34.2. The van der Waals surface area contributed by atoms with Crippen LogP contribution in [0, 0.1) is 23.0 Å². The van der Waals surface area contributed by atoms with Gasteiger partial charge in [0.2, 0.25) is 5.91 Å². The van der Waals surface area contributed by atoms with Gasteiger partial charge in [0.15, 0.2) is 6.61 Å². The Morgan fingerprint density at radius 3 is 2.41 bits per heavy atom. The van der Waals surface area contributed by atoms with Crippen LogP contribution in [0.1, 0.15) is 19.4 Å². The molecule has 142 valence electrons. The molecule has 0 aliphatic carbocycles. The zero-order valence-corrected chi connectivity index (χ0v) is 15.3. The summed E-state index contributed by atoms with van der Waals surface area (Å²) in [5.41, 5.74) is 1.51. The van der Waals surface area contributed by atoms with Gasteiger partial charge in [-0.25, -0.2) is 0 Å². The quantitative estimate of drug-likeness (QED) is 0.571. The Morgan fingerprint density at radius 2 is 1.78 bits per heavy atom. The van der Waals surface area contributed by atoms with E-state index in [0.29, 0.717) is 16.9 Å². The van der Waals surface area contributed by atoms with E-state index in [1.165, 1.54) is 6.07 Å². The number of nitro groups is 1. The molecular formula is C19H21N3O5. The highest BCUT2D eigenvalue weighted by atomic mass is 16.6. The van der Waals surface area contributed by atoms with Gasteiger partial charge in [-0.15, -0.1) is 0 Å². The van der Waals surface area contributed by atoms with Crippen molar-refractivity contribution in [3.8, 4) is 5.75 Å². The minimum Gasteiger partial charge on any atom is -0.484 e. The monoisotopic (exact) mass is 371 g/mol. The number of ether oxygens (including phenoxy) is 1. The first-order valence-electron chi connectivity index (χ1n) is 8.35. The number of carbonyl (C=O) groups excluding carboxylic acids is 2. The first-order valence-corrected chi connectivity index (χ1v) is 8.35. The van der Waals surface area contributed by atoms with Crippen LogP contribution in [0.2, 0.25) is 0 Å². The van der Waals surface area contributed by atoms with E-state index in [1.54, 1.807) is 57.2 Å². The normalized spacial score (nSPS) is 10.4. The highest BCUT2D eigenvalue weighted by Crippen LogP contribution is 2.24. The smallest absolute Gasteiger partial charge is 0.276 e. The third-order valence-corrected chi connectivity index (χ3v) is 3.69. The lowest BCUT2D eigenvalue weighted by Crippen LogP contribution is -2.21. The van der Waals surface area contributed by atoms with Crippen molar-refractivity contribution in [3.05, 3.63) is 58.1 Å². The van der Waals surface area contributed by atoms with Crippen molar-refractivity contribution >= 4 is 28.9 Å². The van der Waals surface area contributed by atoms with Crippen LogP contribution in [-0.2, 0) is 9.59 Å². The zero-order valence-electron chi connectivity index (χ0n) is 15.3. The van der Waals surface area contributed by atoms with Crippen molar-refractivity contribution in [3.63, 3.8) is 0 Å². The van der Waals surface area contributed by atoms with Gasteiger partial charge in [0.1, 0.15) is 5.75 Å². The molecule has 2 aromatic rings. The second-order valence-electron chi connectivity index (χ2n) is 6.27. The van der Waals surface area contributed by atoms with Crippen LogP contribution in [0.25, 0.3) is 0 Å². The summed E-state index contributed by atoms with van der Waals surface area (Å²) >= 11 is 0. The van der Waals surface area contributed by atoms with Crippen LogP contribution in [0.15, 0.2) is 42.5 Å². The van der Waals surface area contributed by atoms with Crippen molar-refractivity contribution in [1.82, 2.24) is 0 Å². The predicted molar refractivity (Wildman–Crippen MR) is 102 cm³/mol. The van der Waals surface area contributed by atoms with Gasteiger partial charge in [-0.3, -0.25) is 19.7 Å². The number of benzene rings is 2. The van der Waals surface area contributed by atoms with Crippen LogP contribution in [-0.4, -0.2) is 23.3 Å². The highest BCUT2D eigenvalue weighted by Gasteiger charge is 2.13. The van der Waals surface area contributed by atoms with Gasteiger partial charge in [-0.1, -0.05) is 19.9 Å². The van der Waals surface area contributed by atoms with Crippen LogP contribution < -0.4 is 15.4 Å². The Morgan fingerprint density at radius 1 is 1.11 bits per heavy atom. The summed E-state index contributed by atoms with van der Waals surface area (Å²) in [6.45, 7) is 4.89. The molecule has 0 saturated heterocycles. The summed E-state index contributed by atoms with van der Waals surface area (Å²) in [5.74, 6) is -0.469. The molecule has 8 nitrogen and oxygen atoms in total. The molecule has 0 heterocycles. The molecule has 0 bridgehead atoms. The van der Waals surface area contributed by atoms with E-state index in [4.69, 9.17) is 4.74 Å². The minimum atomic E-state index is -0.501. The maximum Gasteiger partial charge on any atom is 0.276 e. The molecule has 0 aliphatic rings. The maximum absolute atomic E-state index is 12.1. The van der Waals surface area contributed by atoms with Crippen molar-refractivity contribution in [2.45, 2.75) is 20.8 Å². The summed E-state index contributed by atoms with van der Waals surface area (Å²) in [7, 11) is 0. The van der Waals surface area contributed by atoms with Gasteiger partial charge in [0, 0.05) is 22.9 Å². The average Bonchev–Trinajstić information content (AvgIpc) is 2.61. The van der Waals surface area contributed by atoms with E-state index in [1.807, 2.05) is 0 Å². The van der Waals surface area contributed by atoms with Gasteiger partial charge in [-0.2, -0.15) is 0 Å². The second-order valence-corrected chi connectivity index (χ2v) is 6.27. The number of rotatable bonds is 7. The lowest BCUT2D eigenvalue weighted by atomic mass is 10.2. The maximum atomic E-state index is 12.1. The van der Waals surface area contributed by atoms with E-state index < -0.39 is 10.8 Å². The van der Waals surface area contributed by atoms with Crippen LogP contribution in [0.3, 0.4) is 0 Å². The predicted octanol–water partition coefficient (Wildman–Crippen LogP) is 3.52. The molecule has 27 heavy (non-hydrogen) atoms. The number of hydrogen-bond acceptors (Lipinski definition) is 5. The molecule has 2 rings (SSSR count). The molecule has 0 radical (unpaired) electrons. The topological polar surface area (TPSA) is 111 Å². The van der Waals surface area contributed by atoms with Crippen molar-refractivity contribution in [1.29, 1.82) is 0 Å². The third-order valence-electron chi connectivity index (χ3n) is 3.69. The van der Waals surface area contributed by atoms with Gasteiger partial charge >= 0.3 is 0 Å². The first kappa shape index (κ1) is 19.9. The molecule has 0 saturated carbocycles. The fraction of sp³-hybridized carbons (Fsp3) is 0.263. The molecule has 0 atom stereocenters. The highest BCUT2D eigenvalue weighted by molar-refractivity contribution is 5.95. The van der Waals surface area contributed by atoms with Crippen molar-refractivity contribution in [2.24, 2.45) is 5.92 Å². The number of nitrogens with zero attached hydrogens (tertiary/aromatic N) is 1. The lowest BCUT2D eigenvalue weighted by Gasteiger charge is -2.11. The number of amides is 2. The molecule has 0 aromatic heterocycles. The molecule has 2 aromatic carbocycles. The fourth-order valence-corrected chi connectivity index (χ4v) is 2.18. The summed E-state index contributed by atoms with van der Waals surface area (Å²) < 4.78 is 5.33. The van der Waals surface area contributed by atoms with E-state index in [-0.39, 0.29) is 29.9 Å².